The molecule has 0 aliphatic rings. The van der Waals surface area contributed by atoms with Crippen LogP contribution >= 0.6 is 0 Å². The monoisotopic (exact) mass is 286 g/mol. The molecule has 21 heavy (non-hydrogen) atoms. The zero-order valence-corrected chi connectivity index (χ0v) is 13.8. The van der Waals surface area contributed by atoms with E-state index in [4.69, 9.17) is 0 Å². The standard InChI is InChI=1S/C18H26N2O/c1-18(2,3)12-17(21)20-13-14(10-11-19(4)5)15-8-6-7-9-16(15)20/h6-9,13H,10-12H2,1-5H3. The Morgan fingerprint density at radius 3 is 2.48 bits per heavy atom. The van der Waals surface area contributed by atoms with Crippen molar-refractivity contribution in [3.05, 3.63) is 36.0 Å². The maximum Gasteiger partial charge on any atom is 0.231 e. The van der Waals surface area contributed by atoms with E-state index >= 15 is 0 Å². The molecule has 0 N–H and O–H groups in total. The van der Waals surface area contributed by atoms with Crippen LogP contribution in [-0.2, 0) is 6.42 Å². The van der Waals surface area contributed by atoms with Crippen LogP contribution in [-0.4, -0.2) is 36.0 Å². The van der Waals surface area contributed by atoms with E-state index in [1.807, 2.05) is 29.0 Å². The Morgan fingerprint density at radius 1 is 1.19 bits per heavy atom. The third kappa shape index (κ3) is 3.94. The van der Waals surface area contributed by atoms with Crippen LogP contribution in [0.3, 0.4) is 0 Å². The highest BCUT2D eigenvalue weighted by atomic mass is 16.2. The van der Waals surface area contributed by atoms with Crippen molar-refractivity contribution in [2.45, 2.75) is 33.6 Å². The number of para-hydroxylation sites is 1. The Morgan fingerprint density at radius 2 is 1.86 bits per heavy atom. The number of rotatable bonds is 4. The van der Waals surface area contributed by atoms with E-state index in [-0.39, 0.29) is 11.3 Å². The van der Waals surface area contributed by atoms with Crippen molar-refractivity contribution in [2.75, 3.05) is 20.6 Å². The maximum atomic E-state index is 12.6. The van der Waals surface area contributed by atoms with Gasteiger partial charge in [0.25, 0.3) is 0 Å². The Bertz CT molecular complexity index is 632. The van der Waals surface area contributed by atoms with E-state index in [0.717, 1.165) is 18.5 Å². The molecule has 3 nitrogen and oxygen atoms in total. The lowest BCUT2D eigenvalue weighted by Gasteiger charge is -2.17. The van der Waals surface area contributed by atoms with Crippen LogP contribution in [0.2, 0.25) is 0 Å². The van der Waals surface area contributed by atoms with Crippen molar-refractivity contribution in [3.63, 3.8) is 0 Å². The molecule has 0 spiro atoms. The van der Waals surface area contributed by atoms with Gasteiger partial charge in [0.05, 0.1) is 5.52 Å². The molecule has 0 saturated heterocycles. The zero-order chi connectivity index (χ0) is 15.6. The molecule has 114 valence electrons. The fourth-order valence-electron chi connectivity index (χ4n) is 2.54. The summed E-state index contributed by atoms with van der Waals surface area (Å²) in [7, 11) is 4.15. The predicted octanol–water partition coefficient (Wildman–Crippen LogP) is 3.82. The number of likely N-dealkylation sites (N-methyl/N-ethyl adjacent to an activating group) is 1. The molecule has 0 unspecified atom stereocenters. The summed E-state index contributed by atoms with van der Waals surface area (Å²) in [6.07, 6.45) is 3.55. The fourth-order valence-corrected chi connectivity index (χ4v) is 2.54. The molecule has 0 bridgehead atoms. The minimum absolute atomic E-state index is 0.00621. The quantitative estimate of drug-likeness (QED) is 0.853. The summed E-state index contributed by atoms with van der Waals surface area (Å²) in [6, 6.07) is 8.19. The van der Waals surface area contributed by atoms with Gasteiger partial charge in [-0.05, 0) is 37.6 Å². The maximum absolute atomic E-state index is 12.6. The number of nitrogens with zero attached hydrogens (tertiary/aromatic N) is 2. The first kappa shape index (κ1) is 15.8. The number of fused-ring (bicyclic) bond motifs is 1. The smallest absolute Gasteiger partial charge is 0.231 e. The van der Waals surface area contributed by atoms with E-state index in [9.17, 15) is 4.79 Å². The second kappa shape index (κ2) is 6.02. The number of hydrogen-bond donors (Lipinski definition) is 0. The molecule has 1 aromatic carbocycles. The molecule has 0 saturated carbocycles. The van der Waals surface area contributed by atoms with Gasteiger partial charge in [-0.2, -0.15) is 0 Å². The van der Waals surface area contributed by atoms with Crippen molar-refractivity contribution in [2.24, 2.45) is 5.41 Å². The summed E-state index contributed by atoms with van der Waals surface area (Å²) in [5.41, 5.74) is 2.29. The van der Waals surface area contributed by atoms with Crippen molar-refractivity contribution in [1.29, 1.82) is 0 Å². The van der Waals surface area contributed by atoms with Crippen molar-refractivity contribution >= 4 is 16.8 Å². The Kier molecular flexibility index (Phi) is 4.52. The Balaban J connectivity index is 2.38. The molecule has 0 fully saturated rings. The first-order valence-corrected chi connectivity index (χ1v) is 7.55. The molecule has 1 aromatic heterocycles. The molecular formula is C18H26N2O. The Labute approximate surface area is 127 Å². The Hall–Kier alpha value is -1.61. The average molecular weight is 286 g/mol. The molecule has 1 heterocycles. The van der Waals surface area contributed by atoms with E-state index in [2.05, 4.69) is 45.8 Å². The van der Waals surface area contributed by atoms with E-state index in [1.165, 1.54) is 10.9 Å². The van der Waals surface area contributed by atoms with Gasteiger partial charge in [0.2, 0.25) is 5.91 Å². The minimum atomic E-state index is 0.00621. The van der Waals surface area contributed by atoms with Gasteiger partial charge in [0.1, 0.15) is 0 Å². The zero-order valence-electron chi connectivity index (χ0n) is 13.8. The van der Waals surface area contributed by atoms with Gasteiger partial charge in [-0.15, -0.1) is 0 Å². The highest BCUT2D eigenvalue weighted by Gasteiger charge is 2.19. The second-order valence-electron chi connectivity index (χ2n) is 7.23. The first-order chi connectivity index (χ1) is 9.78. The fraction of sp³-hybridized carbons (Fsp3) is 0.500. The van der Waals surface area contributed by atoms with Crippen LogP contribution < -0.4 is 0 Å². The van der Waals surface area contributed by atoms with Gasteiger partial charge in [-0.25, -0.2) is 0 Å². The van der Waals surface area contributed by atoms with Gasteiger partial charge in [0.15, 0.2) is 0 Å². The normalized spacial score (nSPS) is 12.3. The van der Waals surface area contributed by atoms with E-state index < -0.39 is 0 Å². The topological polar surface area (TPSA) is 25.2 Å². The number of hydrogen-bond acceptors (Lipinski definition) is 2. The largest absolute Gasteiger partial charge is 0.309 e. The second-order valence-corrected chi connectivity index (χ2v) is 7.23. The summed E-state index contributed by atoms with van der Waals surface area (Å²) < 4.78 is 1.84. The van der Waals surface area contributed by atoms with Gasteiger partial charge < -0.3 is 4.90 Å². The van der Waals surface area contributed by atoms with E-state index in [0.29, 0.717) is 6.42 Å². The number of carbonyl (C=O) groups excluding carboxylic acids is 1. The van der Waals surface area contributed by atoms with Crippen LogP contribution in [0.15, 0.2) is 30.5 Å². The van der Waals surface area contributed by atoms with Crippen LogP contribution in [0.4, 0.5) is 0 Å². The molecule has 0 amide bonds. The molecule has 0 aliphatic carbocycles. The van der Waals surface area contributed by atoms with Gasteiger partial charge in [-0.3, -0.25) is 9.36 Å². The lowest BCUT2D eigenvalue weighted by atomic mass is 9.92. The minimum Gasteiger partial charge on any atom is -0.309 e. The van der Waals surface area contributed by atoms with Gasteiger partial charge in [-0.1, -0.05) is 39.0 Å². The lowest BCUT2D eigenvalue weighted by molar-refractivity contribution is 0.0862. The van der Waals surface area contributed by atoms with Crippen LogP contribution in [0.25, 0.3) is 10.9 Å². The molecule has 0 radical (unpaired) electrons. The van der Waals surface area contributed by atoms with Crippen molar-refractivity contribution in [1.82, 2.24) is 9.47 Å². The summed E-state index contributed by atoms with van der Waals surface area (Å²) in [4.78, 5) is 14.7. The third-order valence-electron chi connectivity index (χ3n) is 3.57. The average Bonchev–Trinajstić information content (AvgIpc) is 2.73. The predicted molar refractivity (Wildman–Crippen MR) is 88.9 cm³/mol. The molecule has 0 aliphatic heterocycles. The van der Waals surface area contributed by atoms with Gasteiger partial charge >= 0.3 is 0 Å². The molecular weight excluding hydrogens is 260 g/mol. The van der Waals surface area contributed by atoms with Crippen LogP contribution in [0.1, 0.15) is 37.6 Å². The number of benzene rings is 1. The summed E-state index contributed by atoms with van der Waals surface area (Å²) in [5.74, 6) is 0.176. The summed E-state index contributed by atoms with van der Waals surface area (Å²) in [5, 5.41) is 1.20. The third-order valence-corrected chi connectivity index (χ3v) is 3.57. The highest BCUT2D eigenvalue weighted by Crippen LogP contribution is 2.25. The van der Waals surface area contributed by atoms with Crippen molar-refractivity contribution in [3.8, 4) is 0 Å². The SMILES string of the molecule is CN(C)CCc1cn(C(=O)CC(C)(C)C)c2ccccc12. The molecule has 3 heteroatoms. The number of aromatic nitrogens is 1. The van der Waals surface area contributed by atoms with E-state index in [1.54, 1.807) is 0 Å². The molecule has 2 rings (SSSR count). The highest BCUT2D eigenvalue weighted by molar-refractivity contribution is 5.94. The van der Waals surface area contributed by atoms with Gasteiger partial charge in [0, 0.05) is 24.5 Å². The van der Waals surface area contributed by atoms with Crippen LogP contribution in [0.5, 0.6) is 0 Å². The first-order valence-electron chi connectivity index (χ1n) is 7.55. The molecule has 0 atom stereocenters. The van der Waals surface area contributed by atoms with Crippen molar-refractivity contribution < 1.29 is 4.79 Å². The lowest BCUT2D eigenvalue weighted by Crippen LogP contribution is -2.18. The van der Waals surface area contributed by atoms with Crippen LogP contribution in [0, 0.1) is 5.41 Å². The summed E-state index contributed by atoms with van der Waals surface area (Å²) in [6.45, 7) is 7.29. The number of carbonyl (C=O) groups is 1. The summed E-state index contributed by atoms with van der Waals surface area (Å²) >= 11 is 0. The molecule has 2 aromatic rings.